The van der Waals surface area contributed by atoms with E-state index in [9.17, 15) is 8.42 Å². The van der Waals surface area contributed by atoms with E-state index in [-0.39, 0.29) is 16.5 Å². The van der Waals surface area contributed by atoms with E-state index in [1.54, 1.807) is 7.11 Å². The SMILES string of the molecule is COc1cccc(CCNS(=O)(=O)c2cnccc2Cl)c1. The van der Waals surface area contributed by atoms with Gasteiger partial charge in [0, 0.05) is 18.9 Å². The second kappa shape index (κ2) is 6.89. The lowest BCUT2D eigenvalue weighted by Gasteiger charge is -2.08. The van der Waals surface area contributed by atoms with E-state index in [0.717, 1.165) is 11.3 Å². The fraction of sp³-hybridized carbons (Fsp3) is 0.214. The molecule has 112 valence electrons. The number of methoxy groups -OCH3 is 1. The summed E-state index contributed by atoms with van der Waals surface area (Å²) in [4.78, 5) is 3.76. The smallest absolute Gasteiger partial charge is 0.243 e. The molecule has 1 N–H and O–H groups in total. The number of nitrogens with zero attached hydrogens (tertiary/aromatic N) is 1. The van der Waals surface area contributed by atoms with Crippen molar-refractivity contribution in [1.82, 2.24) is 9.71 Å². The molecule has 0 radical (unpaired) electrons. The zero-order chi connectivity index (χ0) is 15.3. The Morgan fingerprint density at radius 1 is 1.33 bits per heavy atom. The van der Waals surface area contributed by atoms with Gasteiger partial charge in [0.05, 0.1) is 12.1 Å². The third-order valence-electron chi connectivity index (χ3n) is 2.86. The predicted octanol–water partition coefficient (Wildman–Crippen LogP) is 2.26. The fourth-order valence-electron chi connectivity index (χ4n) is 1.80. The first-order chi connectivity index (χ1) is 10.0. The molecule has 0 aliphatic heterocycles. The highest BCUT2D eigenvalue weighted by Gasteiger charge is 2.17. The van der Waals surface area contributed by atoms with Crippen LogP contribution < -0.4 is 9.46 Å². The van der Waals surface area contributed by atoms with Gasteiger partial charge >= 0.3 is 0 Å². The highest BCUT2D eigenvalue weighted by molar-refractivity contribution is 7.89. The van der Waals surface area contributed by atoms with Gasteiger partial charge in [0.15, 0.2) is 0 Å². The second-order valence-electron chi connectivity index (χ2n) is 4.31. The van der Waals surface area contributed by atoms with Crippen molar-refractivity contribution in [1.29, 1.82) is 0 Å². The van der Waals surface area contributed by atoms with Crippen LogP contribution in [0.1, 0.15) is 5.56 Å². The number of ether oxygens (including phenoxy) is 1. The monoisotopic (exact) mass is 326 g/mol. The van der Waals surface area contributed by atoms with E-state index in [1.807, 2.05) is 24.3 Å². The first-order valence-corrected chi connectivity index (χ1v) is 8.11. The van der Waals surface area contributed by atoms with Crippen LogP contribution in [0.4, 0.5) is 0 Å². The number of rotatable bonds is 6. The Bertz CT molecular complexity index is 720. The Balaban J connectivity index is 2.01. The van der Waals surface area contributed by atoms with Crippen LogP contribution in [0.15, 0.2) is 47.6 Å². The second-order valence-corrected chi connectivity index (χ2v) is 6.45. The van der Waals surface area contributed by atoms with Gasteiger partial charge in [-0.1, -0.05) is 23.7 Å². The quantitative estimate of drug-likeness (QED) is 0.884. The Labute approximate surface area is 129 Å². The number of hydrogen-bond acceptors (Lipinski definition) is 4. The number of hydrogen-bond donors (Lipinski definition) is 1. The van der Waals surface area contributed by atoms with Gasteiger partial charge in [-0.3, -0.25) is 4.98 Å². The van der Waals surface area contributed by atoms with Crippen molar-refractivity contribution in [3.05, 3.63) is 53.3 Å². The van der Waals surface area contributed by atoms with Gasteiger partial charge in [-0.05, 0) is 30.2 Å². The molecule has 1 aromatic heterocycles. The van der Waals surface area contributed by atoms with Gasteiger partial charge in [0.1, 0.15) is 10.6 Å². The summed E-state index contributed by atoms with van der Waals surface area (Å²) in [6.45, 7) is 0.265. The number of nitrogens with one attached hydrogen (secondary N) is 1. The van der Waals surface area contributed by atoms with E-state index in [2.05, 4.69) is 9.71 Å². The van der Waals surface area contributed by atoms with Gasteiger partial charge in [-0.15, -0.1) is 0 Å². The maximum atomic E-state index is 12.1. The number of benzene rings is 1. The number of halogens is 1. The van der Waals surface area contributed by atoms with Crippen LogP contribution in [0.2, 0.25) is 5.02 Å². The average molecular weight is 327 g/mol. The predicted molar refractivity (Wildman–Crippen MR) is 81.1 cm³/mol. The largest absolute Gasteiger partial charge is 0.497 e. The van der Waals surface area contributed by atoms with Gasteiger partial charge in [0.25, 0.3) is 0 Å². The fourth-order valence-corrected chi connectivity index (χ4v) is 3.26. The molecule has 0 bridgehead atoms. The van der Waals surface area contributed by atoms with Crippen LogP contribution >= 0.6 is 11.6 Å². The summed E-state index contributed by atoms with van der Waals surface area (Å²) in [6.07, 6.45) is 3.22. The van der Waals surface area contributed by atoms with E-state index < -0.39 is 10.0 Å². The van der Waals surface area contributed by atoms with Crippen molar-refractivity contribution in [3.63, 3.8) is 0 Å². The number of aromatic nitrogens is 1. The Hall–Kier alpha value is -1.63. The molecule has 0 fully saturated rings. The summed E-state index contributed by atoms with van der Waals surface area (Å²) in [6, 6.07) is 8.92. The lowest BCUT2D eigenvalue weighted by atomic mass is 10.1. The molecular weight excluding hydrogens is 312 g/mol. The third kappa shape index (κ3) is 4.17. The van der Waals surface area contributed by atoms with Gasteiger partial charge < -0.3 is 4.74 Å². The molecule has 0 aliphatic carbocycles. The molecule has 2 rings (SSSR count). The van der Waals surface area contributed by atoms with Crippen molar-refractivity contribution in [2.75, 3.05) is 13.7 Å². The molecular formula is C14H15ClN2O3S. The minimum Gasteiger partial charge on any atom is -0.497 e. The summed E-state index contributed by atoms with van der Waals surface area (Å²) >= 11 is 5.87. The standard InChI is InChI=1S/C14H15ClN2O3S/c1-20-12-4-2-3-11(9-12)5-8-17-21(18,19)14-10-16-7-6-13(14)15/h2-4,6-7,9-10,17H,5,8H2,1H3. The molecule has 0 spiro atoms. The molecule has 0 aliphatic rings. The van der Waals surface area contributed by atoms with Crippen molar-refractivity contribution in [2.45, 2.75) is 11.3 Å². The Morgan fingerprint density at radius 2 is 2.14 bits per heavy atom. The average Bonchev–Trinajstić information content (AvgIpc) is 2.47. The lowest BCUT2D eigenvalue weighted by molar-refractivity contribution is 0.414. The zero-order valence-electron chi connectivity index (χ0n) is 11.4. The molecule has 2 aromatic rings. The zero-order valence-corrected chi connectivity index (χ0v) is 13.0. The molecule has 0 unspecified atom stereocenters. The summed E-state index contributed by atoms with van der Waals surface area (Å²) < 4.78 is 31.8. The molecule has 5 nitrogen and oxygen atoms in total. The molecule has 0 saturated carbocycles. The van der Waals surface area contributed by atoms with E-state index in [4.69, 9.17) is 16.3 Å². The van der Waals surface area contributed by atoms with Crippen LogP contribution in [0, 0.1) is 0 Å². The van der Waals surface area contributed by atoms with Gasteiger partial charge in [-0.2, -0.15) is 0 Å². The van der Waals surface area contributed by atoms with E-state index >= 15 is 0 Å². The van der Waals surface area contributed by atoms with Crippen molar-refractivity contribution < 1.29 is 13.2 Å². The summed E-state index contributed by atoms with van der Waals surface area (Å²) in [5.74, 6) is 0.741. The number of sulfonamides is 1. The third-order valence-corrected chi connectivity index (χ3v) is 4.79. The molecule has 0 atom stereocenters. The topological polar surface area (TPSA) is 68.3 Å². The Kier molecular flexibility index (Phi) is 5.17. The minimum absolute atomic E-state index is 0.0164. The summed E-state index contributed by atoms with van der Waals surface area (Å²) in [5.41, 5.74) is 0.981. The number of pyridine rings is 1. The van der Waals surface area contributed by atoms with Crippen LogP contribution in [0.25, 0.3) is 0 Å². The summed E-state index contributed by atoms with van der Waals surface area (Å²) in [5, 5.41) is 0.152. The maximum Gasteiger partial charge on any atom is 0.243 e. The maximum absolute atomic E-state index is 12.1. The van der Waals surface area contributed by atoms with Crippen LogP contribution in [-0.2, 0) is 16.4 Å². The van der Waals surface area contributed by atoms with Gasteiger partial charge in [0.2, 0.25) is 10.0 Å². The minimum atomic E-state index is -3.65. The molecule has 21 heavy (non-hydrogen) atoms. The Morgan fingerprint density at radius 3 is 2.86 bits per heavy atom. The first kappa shape index (κ1) is 15.8. The first-order valence-electron chi connectivity index (χ1n) is 6.25. The van der Waals surface area contributed by atoms with Crippen LogP contribution in [-0.4, -0.2) is 27.1 Å². The molecule has 0 saturated heterocycles. The molecule has 1 heterocycles. The summed E-state index contributed by atoms with van der Waals surface area (Å²) in [7, 11) is -2.06. The van der Waals surface area contributed by atoms with E-state index in [1.165, 1.54) is 18.5 Å². The van der Waals surface area contributed by atoms with Crippen molar-refractivity contribution >= 4 is 21.6 Å². The highest BCUT2D eigenvalue weighted by Crippen LogP contribution is 2.19. The van der Waals surface area contributed by atoms with Crippen molar-refractivity contribution in [3.8, 4) is 5.75 Å². The van der Waals surface area contributed by atoms with Gasteiger partial charge in [-0.25, -0.2) is 13.1 Å². The molecule has 7 heteroatoms. The van der Waals surface area contributed by atoms with Crippen LogP contribution in [0.3, 0.4) is 0 Å². The van der Waals surface area contributed by atoms with Crippen molar-refractivity contribution in [2.24, 2.45) is 0 Å². The van der Waals surface area contributed by atoms with E-state index in [0.29, 0.717) is 6.42 Å². The molecule has 0 amide bonds. The van der Waals surface area contributed by atoms with Crippen LogP contribution in [0.5, 0.6) is 5.75 Å². The highest BCUT2D eigenvalue weighted by atomic mass is 35.5. The molecule has 1 aromatic carbocycles. The lowest BCUT2D eigenvalue weighted by Crippen LogP contribution is -2.26. The normalized spacial score (nSPS) is 11.3.